The number of β-amino-alcohol motifs (C(OH)–C–C–N with tert-alkyl or cyclic N) is 1. The Hall–Kier alpha value is -2.77. The van der Waals surface area contributed by atoms with Gasteiger partial charge >= 0.3 is 0 Å². The summed E-state index contributed by atoms with van der Waals surface area (Å²) < 4.78 is 10.8. The van der Waals surface area contributed by atoms with E-state index in [1.807, 2.05) is 54.2 Å². The van der Waals surface area contributed by atoms with Gasteiger partial charge in [-0.1, -0.05) is 12.1 Å². The first-order valence-electron chi connectivity index (χ1n) is 9.60. The summed E-state index contributed by atoms with van der Waals surface area (Å²) in [6.45, 7) is 1.54. The Morgan fingerprint density at radius 2 is 1.79 bits per heavy atom. The molecular formula is C22H29N3O4. The van der Waals surface area contributed by atoms with E-state index in [1.54, 1.807) is 20.3 Å². The van der Waals surface area contributed by atoms with Crippen molar-refractivity contribution in [3.63, 3.8) is 0 Å². The maximum atomic E-state index is 12.5. The molecule has 29 heavy (non-hydrogen) atoms. The Morgan fingerprint density at radius 3 is 2.41 bits per heavy atom. The van der Waals surface area contributed by atoms with E-state index in [1.165, 1.54) is 0 Å². The number of benzene rings is 2. The number of hydrogen-bond donors (Lipinski definition) is 2. The van der Waals surface area contributed by atoms with Crippen LogP contribution in [0.15, 0.2) is 36.4 Å². The van der Waals surface area contributed by atoms with Crippen molar-refractivity contribution >= 4 is 11.6 Å². The van der Waals surface area contributed by atoms with Gasteiger partial charge in [0.25, 0.3) is 0 Å². The van der Waals surface area contributed by atoms with Crippen molar-refractivity contribution in [1.29, 1.82) is 0 Å². The lowest BCUT2D eigenvalue weighted by Gasteiger charge is -2.33. The molecule has 2 N–H and O–H groups in total. The fourth-order valence-corrected chi connectivity index (χ4v) is 3.64. The molecule has 7 nitrogen and oxygen atoms in total. The van der Waals surface area contributed by atoms with Gasteiger partial charge < -0.3 is 24.8 Å². The van der Waals surface area contributed by atoms with Gasteiger partial charge in [-0.25, -0.2) is 0 Å². The number of ether oxygens (including phenoxy) is 2. The number of carbonyl (C=O) groups excluding carboxylic acids is 1. The quantitative estimate of drug-likeness (QED) is 0.741. The molecule has 0 unspecified atom stereocenters. The highest BCUT2D eigenvalue weighted by atomic mass is 16.5. The first-order chi connectivity index (χ1) is 13.9. The number of nitrogens with one attached hydrogen (secondary N) is 1. The number of aliphatic hydroxyl groups is 1. The highest BCUT2D eigenvalue weighted by Crippen LogP contribution is 2.39. The average Bonchev–Trinajstić information content (AvgIpc) is 2.71. The first-order valence-corrected chi connectivity index (χ1v) is 9.60. The highest BCUT2D eigenvalue weighted by molar-refractivity contribution is 5.78. The zero-order chi connectivity index (χ0) is 21.0. The van der Waals surface area contributed by atoms with Crippen LogP contribution in [0.5, 0.6) is 11.5 Å². The van der Waals surface area contributed by atoms with Crippen molar-refractivity contribution in [2.75, 3.05) is 46.3 Å². The van der Waals surface area contributed by atoms with E-state index in [2.05, 4.69) is 5.32 Å². The number of anilines is 1. The number of aliphatic hydroxyl groups excluding tert-OH is 1. The zero-order valence-corrected chi connectivity index (χ0v) is 17.4. The third-order valence-electron chi connectivity index (χ3n) is 5.17. The summed E-state index contributed by atoms with van der Waals surface area (Å²) >= 11 is 0. The Kier molecular flexibility index (Phi) is 6.61. The minimum Gasteiger partial charge on any atom is -0.496 e. The van der Waals surface area contributed by atoms with E-state index in [0.717, 1.165) is 22.4 Å². The molecule has 3 rings (SSSR count). The summed E-state index contributed by atoms with van der Waals surface area (Å²) in [5, 5.41) is 13.6. The molecule has 156 valence electrons. The molecule has 0 saturated heterocycles. The Bertz CT molecular complexity index is 852. The number of carbonyl (C=O) groups is 1. The summed E-state index contributed by atoms with van der Waals surface area (Å²) in [5.74, 6) is 1.24. The van der Waals surface area contributed by atoms with Gasteiger partial charge in [-0.15, -0.1) is 0 Å². The van der Waals surface area contributed by atoms with Gasteiger partial charge in [-0.3, -0.25) is 9.69 Å². The topological polar surface area (TPSA) is 74.3 Å². The Morgan fingerprint density at radius 1 is 1.14 bits per heavy atom. The molecule has 2 aromatic carbocycles. The van der Waals surface area contributed by atoms with E-state index in [-0.39, 0.29) is 12.5 Å². The normalized spacial score (nSPS) is 16.1. The van der Waals surface area contributed by atoms with Gasteiger partial charge in [0.1, 0.15) is 11.5 Å². The second-order valence-electron chi connectivity index (χ2n) is 7.39. The van der Waals surface area contributed by atoms with Gasteiger partial charge in [-0.2, -0.15) is 0 Å². The summed E-state index contributed by atoms with van der Waals surface area (Å²) in [4.78, 5) is 16.4. The molecule has 1 heterocycles. The van der Waals surface area contributed by atoms with E-state index in [4.69, 9.17) is 9.47 Å². The van der Waals surface area contributed by atoms with Crippen LogP contribution in [-0.2, 0) is 17.9 Å². The standard InChI is InChI=1S/C22H29N3O4/c1-24(2)16-7-5-15(6-8-16)11-23-21(27)14-25-12-17-19(28-3)9-10-20(29-4)22(17)18(26)13-25/h5-10,18,26H,11-14H2,1-4H3,(H,23,27)/t18-/m1/s1. The molecule has 1 aliphatic rings. The molecule has 1 aliphatic heterocycles. The lowest BCUT2D eigenvalue weighted by Crippen LogP contribution is -2.41. The van der Waals surface area contributed by atoms with Gasteiger partial charge in [-0.05, 0) is 29.8 Å². The van der Waals surface area contributed by atoms with Crippen LogP contribution in [0.3, 0.4) is 0 Å². The number of amides is 1. The van der Waals surface area contributed by atoms with Crippen molar-refractivity contribution in [3.8, 4) is 11.5 Å². The fraction of sp³-hybridized carbons (Fsp3) is 0.409. The van der Waals surface area contributed by atoms with Gasteiger partial charge in [0.15, 0.2) is 0 Å². The molecular weight excluding hydrogens is 370 g/mol. The smallest absolute Gasteiger partial charge is 0.234 e. The molecule has 0 fully saturated rings. The monoisotopic (exact) mass is 399 g/mol. The molecule has 7 heteroatoms. The molecule has 1 atom stereocenters. The molecule has 0 aliphatic carbocycles. The van der Waals surface area contributed by atoms with Crippen molar-refractivity contribution in [1.82, 2.24) is 10.2 Å². The van der Waals surface area contributed by atoms with Crippen molar-refractivity contribution in [2.45, 2.75) is 19.2 Å². The summed E-state index contributed by atoms with van der Waals surface area (Å²) in [5.41, 5.74) is 3.76. The number of rotatable bonds is 7. The van der Waals surface area contributed by atoms with Crippen LogP contribution < -0.4 is 19.7 Å². The Balaban J connectivity index is 1.62. The third kappa shape index (κ3) is 4.81. The zero-order valence-electron chi connectivity index (χ0n) is 17.4. The molecule has 1 amide bonds. The minimum atomic E-state index is -0.741. The lowest BCUT2D eigenvalue weighted by molar-refractivity contribution is -0.123. The lowest BCUT2D eigenvalue weighted by atomic mass is 9.95. The predicted octanol–water partition coefficient (Wildman–Crippen LogP) is 1.94. The van der Waals surface area contributed by atoms with Crippen LogP contribution in [0.2, 0.25) is 0 Å². The van der Waals surface area contributed by atoms with Crippen LogP contribution in [-0.4, -0.2) is 57.3 Å². The number of methoxy groups -OCH3 is 2. The number of fused-ring (bicyclic) bond motifs is 1. The van der Waals surface area contributed by atoms with Crippen LogP contribution >= 0.6 is 0 Å². The fourth-order valence-electron chi connectivity index (χ4n) is 3.64. The SMILES string of the molecule is COc1ccc(OC)c2c1CN(CC(=O)NCc1ccc(N(C)C)cc1)C[C@H]2O. The van der Waals surface area contributed by atoms with Crippen LogP contribution in [0.4, 0.5) is 5.69 Å². The van der Waals surface area contributed by atoms with Gasteiger partial charge in [0, 0.05) is 50.5 Å². The maximum absolute atomic E-state index is 12.5. The van der Waals surface area contributed by atoms with Crippen LogP contribution in [0.1, 0.15) is 22.8 Å². The number of nitrogens with zero attached hydrogens (tertiary/aromatic N) is 2. The predicted molar refractivity (Wildman–Crippen MR) is 112 cm³/mol. The van der Waals surface area contributed by atoms with E-state index in [9.17, 15) is 9.90 Å². The van der Waals surface area contributed by atoms with E-state index >= 15 is 0 Å². The summed E-state index contributed by atoms with van der Waals surface area (Å²) in [6.07, 6.45) is -0.741. The first kappa shape index (κ1) is 21.0. The molecule has 0 spiro atoms. The number of hydrogen-bond acceptors (Lipinski definition) is 6. The minimum absolute atomic E-state index is 0.0841. The molecule has 0 bridgehead atoms. The molecule has 0 radical (unpaired) electrons. The van der Waals surface area contributed by atoms with Crippen molar-refractivity contribution in [2.24, 2.45) is 0 Å². The summed E-state index contributed by atoms with van der Waals surface area (Å²) in [7, 11) is 7.17. The van der Waals surface area contributed by atoms with Crippen molar-refractivity contribution in [3.05, 3.63) is 53.1 Å². The second kappa shape index (κ2) is 9.15. The Labute approximate surface area is 171 Å². The van der Waals surface area contributed by atoms with E-state index < -0.39 is 6.10 Å². The average molecular weight is 399 g/mol. The van der Waals surface area contributed by atoms with E-state index in [0.29, 0.717) is 31.1 Å². The third-order valence-corrected chi connectivity index (χ3v) is 5.17. The molecule has 0 aromatic heterocycles. The summed E-state index contributed by atoms with van der Waals surface area (Å²) in [6, 6.07) is 11.7. The maximum Gasteiger partial charge on any atom is 0.234 e. The highest BCUT2D eigenvalue weighted by Gasteiger charge is 2.30. The van der Waals surface area contributed by atoms with Crippen LogP contribution in [0.25, 0.3) is 0 Å². The van der Waals surface area contributed by atoms with Gasteiger partial charge in [0.05, 0.1) is 26.9 Å². The second-order valence-corrected chi connectivity index (χ2v) is 7.39. The van der Waals surface area contributed by atoms with Crippen molar-refractivity contribution < 1.29 is 19.4 Å². The molecule has 2 aromatic rings. The van der Waals surface area contributed by atoms with Crippen LogP contribution in [0, 0.1) is 0 Å². The van der Waals surface area contributed by atoms with Gasteiger partial charge in [0.2, 0.25) is 5.91 Å². The molecule has 0 saturated carbocycles. The largest absolute Gasteiger partial charge is 0.496 e.